The van der Waals surface area contributed by atoms with Gasteiger partial charge in [0.1, 0.15) is 0 Å². The third-order valence-electron chi connectivity index (χ3n) is 4.74. The van der Waals surface area contributed by atoms with Gasteiger partial charge in [0.2, 0.25) is 0 Å². The molecule has 0 N–H and O–H groups in total. The van der Waals surface area contributed by atoms with E-state index in [9.17, 15) is 4.79 Å². The number of ether oxygens (including phenoxy) is 1. The first-order valence-electron chi connectivity index (χ1n) is 8.16. The summed E-state index contributed by atoms with van der Waals surface area (Å²) >= 11 is 0. The molecule has 0 fully saturated rings. The molecule has 1 aliphatic heterocycles. The summed E-state index contributed by atoms with van der Waals surface area (Å²) in [5.41, 5.74) is 1.67. The summed E-state index contributed by atoms with van der Waals surface area (Å²) in [6.07, 6.45) is 4.30. The average Bonchev–Trinajstić information content (AvgIpc) is 3.02. The topological polar surface area (TPSA) is 26.3 Å². The van der Waals surface area contributed by atoms with Crippen LogP contribution in [0, 0.1) is 0 Å². The summed E-state index contributed by atoms with van der Waals surface area (Å²) < 4.78 is 5.97. The number of fused-ring (bicyclic) bond motifs is 1. The Morgan fingerprint density at radius 1 is 0.800 bits per heavy atom. The van der Waals surface area contributed by atoms with Gasteiger partial charge in [0.05, 0.1) is 0 Å². The van der Waals surface area contributed by atoms with Crippen LogP contribution in [0.5, 0.6) is 0 Å². The van der Waals surface area contributed by atoms with Gasteiger partial charge in [-0.05, 0) is 0 Å². The first-order chi connectivity index (χ1) is 12.3. The molecule has 1 heterocycles. The van der Waals surface area contributed by atoms with Crippen LogP contribution in [-0.2, 0) is 4.74 Å². The zero-order valence-electron chi connectivity index (χ0n) is 13.6. The van der Waals surface area contributed by atoms with Crippen molar-refractivity contribution < 1.29 is 9.53 Å². The van der Waals surface area contributed by atoms with Gasteiger partial charge in [-0.15, -0.1) is 0 Å². The molecule has 0 saturated heterocycles. The van der Waals surface area contributed by atoms with Crippen molar-refractivity contribution in [1.29, 1.82) is 0 Å². The predicted octanol–water partition coefficient (Wildman–Crippen LogP) is 4.55. The molecule has 0 aliphatic carbocycles. The molecule has 4 heteroatoms. The Labute approximate surface area is 149 Å². The molecule has 1 aliphatic rings. The van der Waals surface area contributed by atoms with E-state index in [2.05, 4.69) is 30.6 Å². The van der Waals surface area contributed by atoms with Crippen LogP contribution in [0.3, 0.4) is 0 Å². The molecule has 0 aromatic heterocycles. The Hall–Kier alpha value is -2.27. The third-order valence-corrected chi connectivity index (χ3v) is 12.6. The Kier molecular flexibility index (Phi) is 4.25. The average molecular weight is 364 g/mol. The van der Waals surface area contributed by atoms with Crippen molar-refractivity contribution in [3.63, 3.8) is 0 Å². The van der Waals surface area contributed by atoms with Gasteiger partial charge in [0.15, 0.2) is 0 Å². The van der Waals surface area contributed by atoms with Crippen molar-refractivity contribution in [3.8, 4) is 0 Å². The molecule has 124 valence electrons. The molecule has 1 unspecified atom stereocenters. The molecule has 2 nitrogen and oxygen atoms in total. The fourth-order valence-electron chi connectivity index (χ4n) is 3.58. The van der Waals surface area contributed by atoms with Crippen molar-refractivity contribution in [2.45, 2.75) is 5.85 Å². The van der Waals surface area contributed by atoms with E-state index < -0.39 is 6.95 Å². The zero-order valence-corrected chi connectivity index (χ0v) is 15.5. The van der Waals surface area contributed by atoms with Crippen LogP contribution in [0.4, 0.5) is 0 Å². The Morgan fingerprint density at radius 3 is 1.88 bits per heavy atom. The molecule has 0 saturated carbocycles. The molecule has 0 radical (unpaired) electrons. The summed E-state index contributed by atoms with van der Waals surface area (Å²) in [6.45, 7) is -2.46. The van der Waals surface area contributed by atoms with Gasteiger partial charge in [-0.25, -0.2) is 0 Å². The Balaban J connectivity index is 2.00. The van der Waals surface area contributed by atoms with Crippen LogP contribution in [0.25, 0.3) is 0 Å². The second-order valence-corrected chi connectivity index (χ2v) is 12.6. The van der Waals surface area contributed by atoms with Crippen molar-refractivity contribution in [1.82, 2.24) is 0 Å². The van der Waals surface area contributed by atoms with E-state index in [1.165, 1.54) is 10.6 Å². The Morgan fingerprint density at radius 2 is 1.32 bits per heavy atom. The van der Waals surface area contributed by atoms with Gasteiger partial charge in [0.25, 0.3) is 0 Å². The third kappa shape index (κ3) is 2.54. The van der Waals surface area contributed by atoms with Gasteiger partial charge in [-0.3, -0.25) is 0 Å². The zero-order chi connectivity index (χ0) is 17.3. The molecule has 1 atom stereocenters. The van der Waals surface area contributed by atoms with Crippen LogP contribution >= 0.6 is 14.8 Å². The van der Waals surface area contributed by atoms with E-state index in [1.54, 1.807) is 0 Å². The summed E-state index contributed by atoms with van der Waals surface area (Å²) in [4.78, 5) is 12.5. The van der Waals surface area contributed by atoms with Gasteiger partial charge in [0, 0.05) is 0 Å². The van der Waals surface area contributed by atoms with E-state index in [1.807, 2.05) is 60.7 Å². The number of hydrogen-bond donors (Lipinski definition) is 0. The molecule has 0 amide bonds. The summed E-state index contributed by atoms with van der Waals surface area (Å²) in [6, 6.07) is 28.5. The fraction of sp³-hybridized carbons (Fsp3) is 0.0476. The van der Waals surface area contributed by atoms with Crippen LogP contribution in [-0.4, -0.2) is 12.3 Å². The molecule has 0 bridgehead atoms. The van der Waals surface area contributed by atoms with Gasteiger partial charge < -0.3 is 0 Å². The minimum atomic E-state index is -2.46. The molecule has 3 aromatic carbocycles. The fourth-order valence-corrected chi connectivity index (χ4v) is 10.5. The maximum absolute atomic E-state index is 12.5. The van der Waals surface area contributed by atoms with E-state index in [0.29, 0.717) is 5.56 Å². The van der Waals surface area contributed by atoms with E-state index in [4.69, 9.17) is 4.74 Å². The van der Waals surface area contributed by atoms with Crippen LogP contribution in [0.2, 0.25) is 0 Å². The molecular formula is C21H18O2P2. The first-order valence-corrected chi connectivity index (χ1v) is 12.2. The monoisotopic (exact) mass is 364 g/mol. The van der Waals surface area contributed by atoms with Crippen molar-refractivity contribution in [2.75, 3.05) is 0 Å². The molecule has 25 heavy (non-hydrogen) atoms. The van der Waals surface area contributed by atoms with Crippen LogP contribution in [0.15, 0.2) is 84.9 Å². The number of cyclic esters (lactones) is 1. The van der Waals surface area contributed by atoms with Gasteiger partial charge in [-0.2, -0.15) is 0 Å². The molecule has 4 rings (SSSR count). The second kappa shape index (κ2) is 6.56. The molecular weight excluding hydrogens is 346 g/mol. The SMILES string of the molecule is C=P[PH](c1ccccc1)(c1ccccc1)C1OC(=O)c2ccccc21. The quantitative estimate of drug-likeness (QED) is 0.502. The number of carbonyl (C=O) groups excluding carboxylic acids is 1. The molecule has 0 spiro atoms. The maximum atomic E-state index is 12.5. The normalized spacial score (nSPS) is 17.1. The van der Waals surface area contributed by atoms with E-state index in [0.717, 1.165) is 13.5 Å². The Bertz CT molecular complexity index is 883. The van der Waals surface area contributed by atoms with Crippen molar-refractivity contribution in [2.24, 2.45) is 0 Å². The number of esters is 1. The van der Waals surface area contributed by atoms with Crippen LogP contribution < -0.4 is 10.6 Å². The van der Waals surface area contributed by atoms with Gasteiger partial charge >= 0.3 is 149 Å². The minimum absolute atomic E-state index is 0.229. The predicted molar refractivity (Wildman–Crippen MR) is 109 cm³/mol. The van der Waals surface area contributed by atoms with E-state index >= 15 is 0 Å². The molecule has 3 aromatic rings. The second-order valence-electron chi connectivity index (χ2n) is 6.03. The number of benzene rings is 3. The summed E-state index contributed by atoms with van der Waals surface area (Å²) in [7, 11) is 1.01. The van der Waals surface area contributed by atoms with Crippen molar-refractivity contribution in [3.05, 3.63) is 96.1 Å². The van der Waals surface area contributed by atoms with Crippen LogP contribution in [0.1, 0.15) is 21.8 Å². The number of rotatable bonds is 4. The van der Waals surface area contributed by atoms with Gasteiger partial charge in [-0.1, -0.05) is 0 Å². The summed E-state index contributed by atoms with van der Waals surface area (Å²) in [5, 5.41) is 2.46. The summed E-state index contributed by atoms with van der Waals surface area (Å²) in [5.74, 6) is -0.492. The van der Waals surface area contributed by atoms with Crippen molar-refractivity contribution >= 4 is 37.7 Å². The number of carbonyl (C=O) groups is 1. The first kappa shape index (κ1) is 16.2. The number of hydrogen-bond acceptors (Lipinski definition) is 2. The standard InChI is InChI=1S/C21H18O2P2/c1-24-25(16-10-4-2-5-11-16,17-12-6-3-7-13-17)21-19-15-9-8-14-18(19)20(22)23-21/h2-15,21,25H,1H2. The van der Waals surface area contributed by atoms with E-state index in [-0.39, 0.29) is 11.8 Å².